The summed E-state index contributed by atoms with van der Waals surface area (Å²) < 4.78 is 5.13. The van der Waals surface area contributed by atoms with E-state index in [-0.39, 0.29) is 6.04 Å². The van der Waals surface area contributed by atoms with Gasteiger partial charge in [-0.15, -0.1) is 0 Å². The molecule has 10 heavy (non-hydrogen) atoms. The molecule has 0 aromatic carbocycles. The van der Waals surface area contributed by atoms with E-state index < -0.39 is 0 Å². The predicted octanol–water partition coefficient (Wildman–Crippen LogP) is -0.0940. The van der Waals surface area contributed by atoms with Gasteiger partial charge in [-0.25, -0.2) is 0 Å². The molecule has 0 saturated carbocycles. The molecule has 1 saturated heterocycles. The monoisotopic (exact) mass is 143 g/mol. The van der Waals surface area contributed by atoms with Crippen LogP contribution in [0.3, 0.4) is 0 Å². The Bertz CT molecular complexity index is 116. The van der Waals surface area contributed by atoms with Crippen LogP contribution < -0.4 is 0 Å². The molecule has 1 aliphatic rings. The summed E-state index contributed by atoms with van der Waals surface area (Å²) in [5, 5.41) is 0. The van der Waals surface area contributed by atoms with Crippen LogP contribution in [0.15, 0.2) is 0 Å². The average molecular weight is 143 g/mol. The summed E-state index contributed by atoms with van der Waals surface area (Å²) in [5.41, 5.74) is 0. The van der Waals surface area contributed by atoms with Gasteiger partial charge in [0, 0.05) is 6.54 Å². The van der Waals surface area contributed by atoms with Gasteiger partial charge in [0.15, 0.2) is 0 Å². The fraction of sp³-hybridized carbons (Fsp3) is 0.857. The first-order valence-corrected chi connectivity index (χ1v) is 3.65. The van der Waals surface area contributed by atoms with Gasteiger partial charge >= 0.3 is 0 Å². The molecule has 1 aliphatic heterocycles. The Morgan fingerprint density at radius 2 is 2.60 bits per heavy atom. The zero-order valence-electron chi connectivity index (χ0n) is 6.25. The Labute approximate surface area is 61.0 Å². The molecular formula is C7H13NO2. The van der Waals surface area contributed by atoms with Gasteiger partial charge in [0.25, 0.3) is 0 Å². The number of nitrogens with zero attached hydrogens (tertiary/aromatic N) is 1. The van der Waals surface area contributed by atoms with Crippen LogP contribution in [0, 0.1) is 0 Å². The molecule has 1 heterocycles. The zero-order valence-corrected chi connectivity index (χ0v) is 6.25. The second-order valence-corrected chi connectivity index (χ2v) is 2.41. The van der Waals surface area contributed by atoms with Crippen LogP contribution in [-0.2, 0) is 9.53 Å². The Kier molecular flexibility index (Phi) is 2.83. The Morgan fingerprint density at radius 1 is 1.80 bits per heavy atom. The number of hydrogen-bond donors (Lipinski definition) is 0. The third kappa shape index (κ3) is 1.55. The van der Waals surface area contributed by atoms with Crippen molar-refractivity contribution in [2.75, 3.05) is 26.3 Å². The van der Waals surface area contributed by atoms with Gasteiger partial charge in [-0.3, -0.25) is 4.90 Å². The van der Waals surface area contributed by atoms with Crippen molar-refractivity contribution in [1.82, 2.24) is 4.90 Å². The van der Waals surface area contributed by atoms with Gasteiger partial charge in [-0.1, -0.05) is 6.92 Å². The molecule has 3 heteroatoms. The van der Waals surface area contributed by atoms with Gasteiger partial charge in [0.05, 0.1) is 19.3 Å². The van der Waals surface area contributed by atoms with Crippen molar-refractivity contribution in [1.29, 1.82) is 0 Å². The van der Waals surface area contributed by atoms with Gasteiger partial charge in [0.2, 0.25) is 0 Å². The number of aldehydes is 1. The lowest BCUT2D eigenvalue weighted by Crippen LogP contribution is -2.46. The lowest BCUT2D eigenvalue weighted by molar-refractivity contribution is -0.117. The Hall–Kier alpha value is -0.410. The first-order chi connectivity index (χ1) is 4.88. The quantitative estimate of drug-likeness (QED) is 0.506. The Morgan fingerprint density at radius 3 is 3.10 bits per heavy atom. The lowest BCUT2D eigenvalue weighted by atomic mass is 10.2. The zero-order chi connectivity index (χ0) is 7.40. The number of carbonyl (C=O) groups excluding carboxylic acids is 1. The second-order valence-electron chi connectivity index (χ2n) is 2.41. The molecule has 3 nitrogen and oxygen atoms in total. The predicted molar refractivity (Wildman–Crippen MR) is 37.9 cm³/mol. The molecule has 0 bridgehead atoms. The fourth-order valence-electron chi connectivity index (χ4n) is 1.18. The summed E-state index contributed by atoms with van der Waals surface area (Å²) in [4.78, 5) is 12.5. The summed E-state index contributed by atoms with van der Waals surface area (Å²) in [7, 11) is 0. The van der Waals surface area contributed by atoms with E-state index in [1.807, 2.05) is 0 Å². The van der Waals surface area contributed by atoms with Gasteiger partial charge in [-0.05, 0) is 6.54 Å². The molecule has 0 spiro atoms. The van der Waals surface area contributed by atoms with Crippen LogP contribution in [-0.4, -0.2) is 43.5 Å². The van der Waals surface area contributed by atoms with Gasteiger partial charge < -0.3 is 9.53 Å². The molecular weight excluding hydrogens is 130 g/mol. The summed E-state index contributed by atoms with van der Waals surface area (Å²) in [5.74, 6) is 0. The molecule has 0 N–H and O–H groups in total. The maximum absolute atomic E-state index is 10.4. The number of ether oxygens (including phenoxy) is 1. The standard InChI is InChI=1S/C7H13NO2/c1-2-8-3-4-10-6-7(8)5-9/h5,7H,2-4,6H2,1H3/t7-/m1/s1. The first kappa shape index (κ1) is 7.69. The molecule has 0 aromatic rings. The van der Waals surface area contributed by atoms with E-state index in [1.165, 1.54) is 0 Å². The van der Waals surface area contributed by atoms with Gasteiger partial charge in [0.1, 0.15) is 6.29 Å². The van der Waals surface area contributed by atoms with E-state index in [4.69, 9.17) is 4.74 Å². The number of hydrogen-bond acceptors (Lipinski definition) is 3. The molecule has 1 atom stereocenters. The van der Waals surface area contributed by atoms with Crippen molar-refractivity contribution < 1.29 is 9.53 Å². The highest BCUT2D eigenvalue weighted by atomic mass is 16.5. The van der Waals surface area contributed by atoms with E-state index >= 15 is 0 Å². The first-order valence-electron chi connectivity index (χ1n) is 3.65. The highest BCUT2D eigenvalue weighted by Crippen LogP contribution is 2.02. The number of rotatable bonds is 2. The highest BCUT2D eigenvalue weighted by molar-refractivity contribution is 5.57. The van der Waals surface area contributed by atoms with Crippen LogP contribution in [0.4, 0.5) is 0 Å². The largest absolute Gasteiger partial charge is 0.378 e. The van der Waals surface area contributed by atoms with Crippen LogP contribution in [0.5, 0.6) is 0 Å². The topological polar surface area (TPSA) is 29.5 Å². The van der Waals surface area contributed by atoms with Crippen molar-refractivity contribution in [2.24, 2.45) is 0 Å². The molecule has 0 amide bonds. The van der Waals surface area contributed by atoms with Crippen molar-refractivity contribution >= 4 is 6.29 Å². The minimum absolute atomic E-state index is 0.00116. The Balaban J connectivity index is 2.41. The number of carbonyl (C=O) groups is 1. The third-order valence-corrected chi connectivity index (χ3v) is 1.84. The summed E-state index contributed by atoms with van der Waals surface area (Å²) in [6.45, 7) is 5.21. The molecule has 1 fully saturated rings. The van der Waals surface area contributed by atoms with Crippen LogP contribution in [0.2, 0.25) is 0 Å². The number of morpholine rings is 1. The van der Waals surface area contributed by atoms with Crippen LogP contribution in [0.1, 0.15) is 6.92 Å². The summed E-state index contributed by atoms with van der Waals surface area (Å²) in [6, 6.07) is -0.00116. The SMILES string of the molecule is CCN1CCOC[C@H]1C=O. The molecule has 0 aliphatic carbocycles. The highest BCUT2D eigenvalue weighted by Gasteiger charge is 2.19. The maximum atomic E-state index is 10.4. The van der Waals surface area contributed by atoms with E-state index in [9.17, 15) is 4.79 Å². The summed E-state index contributed by atoms with van der Waals surface area (Å²) in [6.07, 6.45) is 0.961. The normalized spacial score (nSPS) is 28.3. The fourth-order valence-corrected chi connectivity index (χ4v) is 1.18. The third-order valence-electron chi connectivity index (χ3n) is 1.84. The molecule has 1 rings (SSSR count). The van der Waals surface area contributed by atoms with Crippen molar-refractivity contribution in [3.8, 4) is 0 Å². The van der Waals surface area contributed by atoms with Crippen LogP contribution >= 0.6 is 0 Å². The molecule has 0 unspecified atom stereocenters. The van der Waals surface area contributed by atoms with Crippen molar-refractivity contribution in [3.05, 3.63) is 0 Å². The lowest BCUT2D eigenvalue weighted by Gasteiger charge is -2.30. The van der Waals surface area contributed by atoms with Crippen molar-refractivity contribution in [2.45, 2.75) is 13.0 Å². The molecule has 58 valence electrons. The van der Waals surface area contributed by atoms with E-state index in [0.29, 0.717) is 6.61 Å². The smallest absolute Gasteiger partial charge is 0.139 e. The summed E-state index contributed by atoms with van der Waals surface area (Å²) >= 11 is 0. The molecule has 0 aromatic heterocycles. The second kappa shape index (κ2) is 3.68. The number of likely N-dealkylation sites (N-methyl/N-ethyl adjacent to an activating group) is 1. The maximum Gasteiger partial charge on any atom is 0.139 e. The van der Waals surface area contributed by atoms with E-state index in [1.54, 1.807) is 0 Å². The van der Waals surface area contributed by atoms with Gasteiger partial charge in [-0.2, -0.15) is 0 Å². The van der Waals surface area contributed by atoms with Crippen molar-refractivity contribution in [3.63, 3.8) is 0 Å². The minimum atomic E-state index is -0.00116. The minimum Gasteiger partial charge on any atom is -0.378 e. The van der Waals surface area contributed by atoms with E-state index in [2.05, 4.69) is 11.8 Å². The van der Waals surface area contributed by atoms with E-state index in [0.717, 1.165) is 26.0 Å². The van der Waals surface area contributed by atoms with Crippen LogP contribution in [0.25, 0.3) is 0 Å². The molecule has 0 radical (unpaired) electrons. The average Bonchev–Trinajstić information content (AvgIpc) is 2.04.